The molecule has 4 nitrogen and oxygen atoms in total. The van der Waals surface area contributed by atoms with Gasteiger partial charge in [-0.3, -0.25) is 0 Å². The first-order valence-electron chi connectivity index (χ1n) is 9.07. The Labute approximate surface area is 158 Å². The molecule has 1 unspecified atom stereocenters. The van der Waals surface area contributed by atoms with Gasteiger partial charge in [0, 0.05) is 17.6 Å². The van der Waals surface area contributed by atoms with Crippen molar-refractivity contribution in [3.63, 3.8) is 0 Å². The van der Waals surface area contributed by atoms with Crippen molar-refractivity contribution in [3.8, 4) is 0 Å². The average molecular weight is 410 g/mol. The van der Waals surface area contributed by atoms with Gasteiger partial charge >= 0.3 is 6.09 Å². The van der Waals surface area contributed by atoms with Gasteiger partial charge < -0.3 is 14.7 Å². The number of piperidine rings is 1. The molecule has 1 amide bonds. The number of ether oxygens (including phenoxy) is 1. The van der Waals surface area contributed by atoms with E-state index in [4.69, 9.17) is 4.74 Å². The quantitative estimate of drug-likeness (QED) is 0.721. The standard InChI is InChI=1S/C20H28BrNO3/c1-18(2,3)25-17(23)22-11-9-19(10-12-22)7-8-20(24,14-19)15-5-4-6-16(21)13-15/h4-6,13,24H,7-12,14H2,1-3H3. The van der Waals surface area contributed by atoms with E-state index in [0.29, 0.717) is 13.1 Å². The predicted octanol–water partition coefficient (Wildman–Crippen LogP) is 4.84. The Balaban J connectivity index is 1.64. The first-order valence-corrected chi connectivity index (χ1v) is 9.87. The van der Waals surface area contributed by atoms with Gasteiger partial charge in [-0.25, -0.2) is 4.79 Å². The zero-order valence-electron chi connectivity index (χ0n) is 15.3. The fraction of sp³-hybridized carbons (Fsp3) is 0.650. The average Bonchev–Trinajstić information content (AvgIpc) is 2.84. The highest BCUT2D eigenvalue weighted by Crippen LogP contribution is 2.54. The summed E-state index contributed by atoms with van der Waals surface area (Å²) < 4.78 is 6.48. The molecule has 2 aliphatic rings. The maximum absolute atomic E-state index is 12.3. The van der Waals surface area contributed by atoms with Crippen molar-refractivity contribution in [3.05, 3.63) is 34.3 Å². The number of hydrogen-bond donors (Lipinski definition) is 1. The van der Waals surface area contributed by atoms with Crippen molar-refractivity contribution >= 4 is 22.0 Å². The monoisotopic (exact) mass is 409 g/mol. The van der Waals surface area contributed by atoms with Crippen LogP contribution in [0.25, 0.3) is 0 Å². The summed E-state index contributed by atoms with van der Waals surface area (Å²) in [6.45, 7) is 7.11. The van der Waals surface area contributed by atoms with Crippen molar-refractivity contribution in [2.24, 2.45) is 5.41 Å². The summed E-state index contributed by atoms with van der Waals surface area (Å²) in [6.07, 6.45) is 4.22. The molecule has 1 aromatic rings. The van der Waals surface area contributed by atoms with E-state index in [9.17, 15) is 9.90 Å². The first-order chi connectivity index (χ1) is 11.6. The molecule has 1 N–H and O–H groups in total. The number of benzene rings is 1. The lowest BCUT2D eigenvalue weighted by Crippen LogP contribution is -2.45. The largest absolute Gasteiger partial charge is 0.444 e. The number of nitrogens with zero attached hydrogens (tertiary/aromatic N) is 1. The summed E-state index contributed by atoms with van der Waals surface area (Å²) >= 11 is 3.50. The zero-order valence-corrected chi connectivity index (χ0v) is 16.9. The number of likely N-dealkylation sites (tertiary alicyclic amines) is 1. The summed E-state index contributed by atoms with van der Waals surface area (Å²) in [5, 5.41) is 11.2. The molecule has 5 heteroatoms. The van der Waals surface area contributed by atoms with Crippen LogP contribution in [0.5, 0.6) is 0 Å². The van der Waals surface area contributed by atoms with Gasteiger partial charge in [0.15, 0.2) is 0 Å². The molecule has 25 heavy (non-hydrogen) atoms. The first kappa shape index (κ1) is 18.7. The summed E-state index contributed by atoms with van der Waals surface area (Å²) in [4.78, 5) is 14.1. The maximum Gasteiger partial charge on any atom is 0.410 e. The van der Waals surface area contributed by atoms with Crippen molar-refractivity contribution in [1.82, 2.24) is 4.90 Å². The number of hydrogen-bond acceptors (Lipinski definition) is 3. The number of halogens is 1. The van der Waals surface area contributed by atoms with Gasteiger partial charge in [0.05, 0.1) is 5.60 Å². The summed E-state index contributed by atoms with van der Waals surface area (Å²) in [5.74, 6) is 0. The van der Waals surface area contributed by atoms with Crippen LogP contribution in [0.4, 0.5) is 4.79 Å². The predicted molar refractivity (Wildman–Crippen MR) is 101 cm³/mol. The molecule has 1 saturated carbocycles. The molecular formula is C20H28BrNO3. The smallest absolute Gasteiger partial charge is 0.410 e. The number of carbonyl (C=O) groups is 1. The lowest BCUT2D eigenvalue weighted by atomic mass is 9.75. The highest BCUT2D eigenvalue weighted by atomic mass is 79.9. The minimum Gasteiger partial charge on any atom is -0.444 e. The highest BCUT2D eigenvalue weighted by molar-refractivity contribution is 9.10. The molecule has 1 saturated heterocycles. The second-order valence-corrected chi connectivity index (χ2v) is 9.60. The van der Waals surface area contributed by atoms with Gasteiger partial charge in [-0.1, -0.05) is 28.1 Å². The Morgan fingerprint density at radius 1 is 1.20 bits per heavy atom. The molecule has 3 rings (SSSR count). The Kier molecular flexibility index (Phi) is 4.93. The number of rotatable bonds is 1. The summed E-state index contributed by atoms with van der Waals surface area (Å²) in [5.41, 5.74) is -0.0816. The van der Waals surface area contributed by atoms with Crippen molar-refractivity contribution < 1.29 is 14.6 Å². The van der Waals surface area contributed by atoms with Gasteiger partial charge in [0.25, 0.3) is 0 Å². The third kappa shape index (κ3) is 4.20. The van der Waals surface area contributed by atoms with Gasteiger partial charge in [0.2, 0.25) is 0 Å². The van der Waals surface area contributed by atoms with Gasteiger partial charge in [-0.15, -0.1) is 0 Å². The topological polar surface area (TPSA) is 49.8 Å². The van der Waals surface area contributed by atoms with Crippen LogP contribution in [0.3, 0.4) is 0 Å². The van der Waals surface area contributed by atoms with Crippen LogP contribution in [0.15, 0.2) is 28.7 Å². The molecule has 1 aromatic carbocycles. The van der Waals surface area contributed by atoms with Crippen LogP contribution in [-0.4, -0.2) is 34.8 Å². The van der Waals surface area contributed by atoms with Crippen molar-refractivity contribution in [1.29, 1.82) is 0 Å². The minimum atomic E-state index is -0.752. The molecule has 1 heterocycles. The Hall–Kier alpha value is -1.07. The fourth-order valence-electron chi connectivity index (χ4n) is 4.21. The number of aliphatic hydroxyl groups is 1. The maximum atomic E-state index is 12.3. The molecule has 1 spiro atoms. The van der Waals surface area contributed by atoms with Gasteiger partial charge in [-0.2, -0.15) is 0 Å². The minimum absolute atomic E-state index is 0.135. The number of carbonyl (C=O) groups excluding carboxylic acids is 1. The highest BCUT2D eigenvalue weighted by Gasteiger charge is 2.49. The second-order valence-electron chi connectivity index (χ2n) is 8.69. The fourth-order valence-corrected chi connectivity index (χ4v) is 4.61. The Bertz CT molecular complexity index is 647. The van der Waals surface area contributed by atoms with E-state index in [0.717, 1.165) is 42.1 Å². The molecule has 1 aliphatic carbocycles. The van der Waals surface area contributed by atoms with E-state index in [1.807, 2.05) is 49.9 Å². The third-order valence-electron chi connectivity index (χ3n) is 5.57. The SMILES string of the molecule is CC(C)(C)OC(=O)N1CCC2(CC1)CCC(O)(c1cccc(Br)c1)C2. The molecule has 0 radical (unpaired) electrons. The summed E-state index contributed by atoms with van der Waals surface area (Å²) in [6, 6.07) is 8.00. The lowest BCUT2D eigenvalue weighted by Gasteiger charge is -2.40. The Morgan fingerprint density at radius 3 is 2.48 bits per heavy atom. The summed E-state index contributed by atoms with van der Waals surface area (Å²) in [7, 11) is 0. The third-order valence-corrected chi connectivity index (χ3v) is 6.07. The van der Waals surface area contributed by atoms with E-state index in [1.54, 1.807) is 0 Å². The molecule has 1 atom stereocenters. The van der Waals surface area contributed by atoms with E-state index in [2.05, 4.69) is 15.9 Å². The van der Waals surface area contributed by atoms with Crippen LogP contribution in [0.1, 0.15) is 58.4 Å². The molecule has 138 valence electrons. The van der Waals surface area contributed by atoms with Crippen molar-refractivity contribution in [2.75, 3.05) is 13.1 Å². The molecule has 2 fully saturated rings. The second kappa shape index (κ2) is 6.58. The molecular weight excluding hydrogens is 382 g/mol. The van der Waals surface area contributed by atoms with Crippen LogP contribution < -0.4 is 0 Å². The van der Waals surface area contributed by atoms with E-state index in [-0.39, 0.29) is 11.5 Å². The molecule has 1 aliphatic heterocycles. The van der Waals surface area contributed by atoms with Gasteiger partial charge in [-0.05, 0) is 76.0 Å². The Morgan fingerprint density at radius 2 is 1.88 bits per heavy atom. The van der Waals surface area contributed by atoms with Crippen LogP contribution >= 0.6 is 15.9 Å². The zero-order chi connectivity index (χ0) is 18.3. The molecule has 0 aromatic heterocycles. The van der Waals surface area contributed by atoms with E-state index >= 15 is 0 Å². The number of amides is 1. The van der Waals surface area contributed by atoms with Crippen molar-refractivity contribution in [2.45, 2.75) is 64.1 Å². The van der Waals surface area contributed by atoms with E-state index < -0.39 is 11.2 Å². The van der Waals surface area contributed by atoms with Crippen LogP contribution in [0, 0.1) is 5.41 Å². The van der Waals surface area contributed by atoms with E-state index in [1.165, 1.54) is 0 Å². The van der Waals surface area contributed by atoms with Crippen LogP contribution in [-0.2, 0) is 10.3 Å². The molecule has 0 bridgehead atoms. The lowest BCUT2D eigenvalue weighted by molar-refractivity contribution is -0.00108. The van der Waals surface area contributed by atoms with Crippen LogP contribution in [0.2, 0.25) is 0 Å². The van der Waals surface area contributed by atoms with Gasteiger partial charge in [0.1, 0.15) is 5.60 Å². The normalized spacial score (nSPS) is 26.0.